The average molecular weight is 522 g/mol. The van der Waals surface area contributed by atoms with E-state index in [0.717, 1.165) is 0 Å². The van der Waals surface area contributed by atoms with Crippen molar-refractivity contribution in [3.05, 3.63) is 23.8 Å². The molecular formula is C28H43NO8. The minimum Gasteiger partial charge on any atom is -0.480 e. The molecule has 208 valence electrons. The summed E-state index contributed by atoms with van der Waals surface area (Å²) in [5, 5.41) is 9.93. The molecule has 0 aliphatic carbocycles. The third-order valence-electron chi connectivity index (χ3n) is 5.95. The van der Waals surface area contributed by atoms with Crippen LogP contribution in [0, 0.1) is 17.3 Å². The first kappa shape index (κ1) is 32.1. The number of nitrogens with two attached hydrogens (primary N) is 1. The van der Waals surface area contributed by atoms with Crippen LogP contribution in [0.15, 0.2) is 18.2 Å². The van der Waals surface area contributed by atoms with Gasteiger partial charge in [0.25, 0.3) is 0 Å². The van der Waals surface area contributed by atoms with Gasteiger partial charge in [-0.2, -0.15) is 0 Å². The van der Waals surface area contributed by atoms with Crippen LogP contribution >= 0.6 is 0 Å². The summed E-state index contributed by atoms with van der Waals surface area (Å²) in [7, 11) is 0. The molecule has 0 saturated heterocycles. The van der Waals surface area contributed by atoms with Crippen LogP contribution in [0.4, 0.5) is 0 Å². The Bertz CT molecular complexity index is 969. The molecule has 3 N–H and O–H groups in total. The van der Waals surface area contributed by atoms with Crippen LogP contribution in [0.3, 0.4) is 0 Å². The van der Waals surface area contributed by atoms with Crippen LogP contribution in [0.1, 0.15) is 86.6 Å². The SMILES string of the molecule is CCC(C)(C)C(=O)O[C@@H](C)CC(N)(Cc1ccc(OC(=O)CC(C)C)c(OC(=O)CC(C)C)c1)C(=O)O. The molecule has 9 heteroatoms. The molecule has 0 spiro atoms. The van der Waals surface area contributed by atoms with Gasteiger partial charge in [0.1, 0.15) is 11.6 Å². The largest absolute Gasteiger partial charge is 0.480 e. The maximum Gasteiger partial charge on any atom is 0.324 e. The van der Waals surface area contributed by atoms with E-state index in [-0.39, 0.29) is 49.0 Å². The molecule has 0 radical (unpaired) electrons. The third kappa shape index (κ3) is 10.5. The predicted molar refractivity (Wildman–Crippen MR) is 139 cm³/mol. The standard InChI is InChI=1S/C28H43NO8/c1-9-27(7,8)26(34)35-19(6)15-28(29,25(32)33)16-20-10-11-21(36-23(30)12-17(2)3)22(14-20)37-24(31)13-18(4)5/h10-11,14,17-19H,9,12-13,15-16,29H2,1-8H3,(H,32,33)/t19-,28?/m0/s1. The number of hydrogen-bond acceptors (Lipinski definition) is 8. The van der Waals surface area contributed by atoms with Gasteiger partial charge >= 0.3 is 23.9 Å². The van der Waals surface area contributed by atoms with E-state index in [0.29, 0.717) is 12.0 Å². The normalized spacial score (nSPS) is 14.1. The molecule has 1 aromatic carbocycles. The zero-order valence-corrected chi connectivity index (χ0v) is 23.4. The number of carboxylic acid groups (broad SMARTS) is 1. The second-order valence-electron chi connectivity index (χ2n) is 11.2. The highest BCUT2D eigenvalue weighted by molar-refractivity contribution is 5.80. The number of esters is 3. The molecule has 0 aliphatic heterocycles. The van der Waals surface area contributed by atoms with E-state index in [1.54, 1.807) is 26.8 Å². The van der Waals surface area contributed by atoms with E-state index in [9.17, 15) is 24.3 Å². The van der Waals surface area contributed by atoms with E-state index in [2.05, 4.69) is 0 Å². The molecule has 0 fully saturated rings. The topological polar surface area (TPSA) is 142 Å². The number of rotatable bonds is 14. The Morgan fingerprint density at radius 3 is 1.89 bits per heavy atom. The summed E-state index contributed by atoms with van der Waals surface area (Å²) in [6.07, 6.45) is -0.136. The number of carbonyl (C=O) groups is 4. The first-order valence-corrected chi connectivity index (χ1v) is 12.8. The third-order valence-corrected chi connectivity index (χ3v) is 5.95. The van der Waals surface area contributed by atoms with Crippen molar-refractivity contribution >= 4 is 23.9 Å². The molecule has 0 heterocycles. The summed E-state index contributed by atoms with van der Waals surface area (Å²) < 4.78 is 16.4. The highest BCUT2D eigenvalue weighted by atomic mass is 16.6. The molecule has 1 unspecified atom stereocenters. The maximum atomic E-state index is 12.4. The molecule has 0 amide bonds. The van der Waals surface area contributed by atoms with Gasteiger partial charge in [0, 0.05) is 25.7 Å². The Hall–Kier alpha value is -2.94. The van der Waals surface area contributed by atoms with E-state index in [1.165, 1.54) is 12.1 Å². The molecule has 0 aliphatic rings. The van der Waals surface area contributed by atoms with Crippen LogP contribution in [-0.4, -0.2) is 40.6 Å². The van der Waals surface area contributed by atoms with Crippen molar-refractivity contribution in [3.8, 4) is 11.5 Å². The van der Waals surface area contributed by atoms with Crippen molar-refractivity contribution in [3.63, 3.8) is 0 Å². The summed E-state index contributed by atoms with van der Waals surface area (Å²) >= 11 is 0. The van der Waals surface area contributed by atoms with Crippen molar-refractivity contribution < 1.29 is 38.5 Å². The summed E-state index contributed by atoms with van der Waals surface area (Å²) in [5.41, 5.74) is 4.28. The lowest BCUT2D eigenvalue weighted by Crippen LogP contribution is -2.52. The maximum absolute atomic E-state index is 12.4. The fourth-order valence-electron chi connectivity index (χ4n) is 3.46. The van der Waals surface area contributed by atoms with Crippen LogP contribution in [0.5, 0.6) is 11.5 Å². The number of carbonyl (C=O) groups excluding carboxylic acids is 3. The molecule has 9 nitrogen and oxygen atoms in total. The van der Waals surface area contributed by atoms with Crippen molar-refractivity contribution in [2.75, 3.05) is 0 Å². The quantitative estimate of drug-likeness (QED) is 0.264. The summed E-state index contributed by atoms with van der Waals surface area (Å²) in [6.45, 7) is 14.5. The van der Waals surface area contributed by atoms with Crippen molar-refractivity contribution in [2.45, 2.75) is 99.1 Å². The Kier molecular flexibility index (Phi) is 11.8. The smallest absolute Gasteiger partial charge is 0.324 e. The minimum absolute atomic E-state index is 0.0113. The fourth-order valence-corrected chi connectivity index (χ4v) is 3.46. The molecule has 0 saturated carbocycles. The zero-order valence-electron chi connectivity index (χ0n) is 23.4. The molecule has 1 rings (SSSR count). The second kappa shape index (κ2) is 13.6. The van der Waals surface area contributed by atoms with Crippen molar-refractivity contribution in [1.82, 2.24) is 0 Å². The molecule has 1 aromatic rings. The Morgan fingerprint density at radius 2 is 1.43 bits per heavy atom. The lowest BCUT2D eigenvalue weighted by atomic mass is 9.86. The van der Waals surface area contributed by atoms with E-state index >= 15 is 0 Å². The van der Waals surface area contributed by atoms with Gasteiger partial charge < -0.3 is 25.1 Å². The molecule has 37 heavy (non-hydrogen) atoms. The molecule has 0 bridgehead atoms. The zero-order chi connectivity index (χ0) is 28.6. The fraction of sp³-hybridized carbons (Fsp3) is 0.643. The van der Waals surface area contributed by atoms with Crippen LogP contribution < -0.4 is 15.2 Å². The van der Waals surface area contributed by atoms with Gasteiger partial charge in [0.15, 0.2) is 11.5 Å². The van der Waals surface area contributed by atoms with Gasteiger partial charge in [-0.3, -0.25) is 19.2 Å². The van der Waals surface area contributed by atoms with Crippen LogP contribution in [-0.2, 0) is 30.3 Å². The van der Waals surface area contributed by atoms with Crippen molar-refractivity contribution in [1.29, 1.82) is 0 Å². The van der Waals surface area contributed by atoms with Crippen molar-refractivity contribution in [2.24, 2.45) is 23.0 Å². The van der Waals surface area contributed by atoms with Gasteiger partial charge in [-0.1, -0.05) is 40.7 Å². The first-order valence-electron chi connectivity index (χ1n) is 12.8. The van der Waals surface area contributed by atoms with E-state index in [1.807, 2.05) is 34.6 Å². The number of carboxylic acids is 1. The number of hydrogen-bond donors (Lipinski definition) is 2. The highest BCUT2D eigenvalue weighted by Gasteiger charge is 2.38. The summed E-state index contributed by atoms with van der Waals surface area (Å²) in [5.74, 6) is -2.49. The highest BCUT2D eigenvalue weighted by Crippen LogP contribution is 2.32. The van der Waals surface area contributed by atoms with Crippen LogP contribution in [0.2, 0.25) is 0 Å². The Balaban J connectivity index is 3.21. The summed E-state index contributed by atoms with van der Waals surface area (Å²) in [4.78, 5) is 49.2. The van der Waals surface area contributed by atoms with Gasteiger partial charge in [-0.15, -0.1) is 0 Å². The van der Waals surface area contributed by atoms with Crippen LogP contribution in [0.25, 0.3) is 0 Å². The van der Waals surface area contributed by atoms with E-state index < -0.39 is 40.9 Å². The first-order chi connectivity index (χ1) is 17.0. The second-order valence-corrected chi connectivity index (χ2v) is 11.2. The number of aliphatic carboxylic acids is 1. The van der Waals surface area contributed by atoms with Gasteiger partial charge in [0.2, 0.25) is 0 Å². The Morgan fingerprint density at radius 1 is 0.919 bits per heavy atom. The number of ether oxygens (including phenoxy) is 3. The average Bonchev–Trinajstić information content (AvgIpc) is 2.73. The number of benzene rings is 1. The lowest BCUT2D eigenvalue weighted by molar-refractivity contribution is -0.162. The van der Waals surface area contributed by atoms with Gasteiger partial charge in [0.05, 0.1) is 5.41 Å². The van der Waals surface area contributed by atoms with Gasteiger partial charge in [-0.05, 0) is 56.7 Å². The molecule has 0 aromatic heterocycles. The Labute approximate surface area is 220 Å². The monoisotopic (exact) mass is 521 g/mol. The van der Waals surface area contributed by atoms with Gasteiger partial charge in [-0.25, -0.2) is 0 Å². The molecule has 2 atom stereocenters. The lowest BCUT2D eigenvalue weighted by Gasteiger charge is -2.30. The molecular weight excluding hydrogens is 478 g/mol. The van der Waals surface area contributed by atoms with E-state index in [4.69, 9.17) is 19.9 Å². The summed E-state index contributed by atoms with van der Waals surface area (Å²) in [6, 6.07) is 4.48. The predicted octanol–water partition coefficient (Wildman–Crippen LogP) is 4.67. The minimum atomic E-state index is -1.77.